The van der Waals surface area contributed by atoms with Gasteiger partial charge in [0.05, 0.1) is 11.1 Å². The van der Waals surface area contributed by atoms with Crippen LogP contribution in [0.4, 0.5) is 0 Å². The normalized spacial score (nSPS) is 10.4. The van der Waals surface area contributed by atoms with Crippen LogP contribution in [0.15, 0.2) is 18.2 Å². The monoisotopic (exact) mass is 255 g/mol. The molecule has 1 aromatic rings. The van der Waals surface area contributed by atoms with Crippen molar-refractivity contribution in [3.05, 3.63) is 28.8 Å². The van der Waals surface area contributed by atoms with Crippen molar-refractivity contribution in [2.45, 2.75) is 39.8 Å². The minimum Gasteiger partial charge on any atom is -0.489 e. The van der Waals surface area contributed by atoms with Gasteiger partial charge >= 0.3 is 0 Å². The van der Waals surface area contributed by atoms with Crippen molar-refractivity contribution in [2.24, 2.45) is 0 Å². The summed E-state index contributed by atoms with van der Waals surface area (Å²) in [6.07, 6.45) is 0.584. The molecule has 17 heavy (non-hydrogen) atoms. The van der Waals surface area contributed by atoms with Crippen molar-refractivity contribution < 1.29 is 9.53 Å². The summed E-state index contributed by atoms with van der Waals surface area (Å²) in [5.41, 5.74) is 0.966. The number of rotatable bonds is 5. The Morgan fingerprint density at radius 2 is 2.18 bits per heavy atom. The lowest BCUT2D eigenvalue weighted by Crippen LogP contribution is -2.21. The number of nitrogens with one attached hydrogen (secondary N) is 1. The van der Waals surface area contributed by atoms with Crippen LogP contribution in [0.25, 0.3) is 0 Å². The van der Waals surface area contributed by atoms with Gasteiger partial charge < -0.3 is 10.1 Å². The van der Waals surface area contributed by atoms with Crippen molar-refractivity contribution in [2.75, 3.05) is 0 Å². The Bertz CT molecular complexity index is 391. The SMILES string of the molecule is CCC(=O)NCc1ccc(OC(C)C)c(Cl)c1. The average molecular weight is 256 g/mol. The second kappa shape index (κ2) is 6.50. The van der Waals surface area contributed by atoms with Gasteiger partial charge in [0.2, 0.25) is 5.91 Å². The molecular formula is C13H18ClNO2. The van der Waals surface area contributed by atoms with E-state index in [2.05, 4.69) is 5.32 Å². The van der Waals surface area contributed by atoms with E-state index in [9.17, 15) is 4.79 Å². The Balaban J connectivity index is 2.65. The predicted octanol–water partition coefficient (Wildman–Crippen LogP) is 3.15. The summed E-state index contributed by atoms with van der Waals surface area (Å²) >= 11 is 6.08. The van der Waals surface area contributed by atoms with Crippen molar-refractivity contribution in [1.29, 1.82) is 0 Å². The number of halogens is 1. The standard InChI is InChI=1S/C13H18ClNO2/c1-4-13(16)15-8-10-5-6-12(11(14)7-10)17-9(2)3/h5-7,9H,4,8H2,1-3H3,(H,15,16). The molecule has 0 aliphatic rings. The lowest BCUT2D eigenvalue weighted by Gasteiger charge is -2.12. The molecule has 3 nitrogen and oxygen atoms in total. The number of hydrogen-bond acceptors (Lipinski definition) is 2. The third-order valence-electron chi connectivity index (χ3n) is 2.17. The first kappa shape index (κ1) is 13.8. The van der Waals surface area contributed by atoms with E-state index < -0.39 is 0 Å². The highest BCUT2D eigenvalue weighted by atomic mass is 35.5. The smallest absolute Gasteiger partial charge is 0.219 e. The molecule has 1 aromatic carbocycles. The van der Waals surface area contributed by atoms with E-state index in [0.29, 0.717) is 23.7 Å². The summed E-state index contributed by atoms with van der Waals surface area (Å²) in [6, 6.07) is 5.55. The molecule has 0 aromatic heterocycles. The van der Waals surface area contributed by atoms with Gasteiger partial charge in [-0.3, -0.25) is 4.79 Å². The number of carbonyl (C=O) groups excluding carboxylic acids is 1. The third kappa shape index (κ3) is 4.65. The van der Waals surface area contributed by atoms with Crippen LogP contribution < -0.4 is 10.1 Å². The molecule has 0 saturated carbocycles. The minimum atomic E-state index is 0.0311. The minimum absolute atomic E-state index is 0.0311. The van der Waals surface area contributed by atoms with Gasteiger partial charge in [0.15, 0.2) is 0 Å². The second-order valence-corrected chi connectivity index (χ2v) is 4.47. The fourth-order valence-electron chi connectivity index (χ4n) is 1.33. The maximum atomic E-state index is 11.1. The van der Waals surface area contributed by atoms with Crippen LogP contribution >= 0.6 is 11.6 Å². The maximum absolute atomic E-state index is 11.1. The Hall–Kier alpha value is -1.22. The molecule has 0 aliphatic heterocycles. The highest BCUT2D eigenvalue weighted by Gasteiger charge is 2.05. The van der Waals surface area contributed by atoms with Crippen LogP contribution in [-0.4, -0.2) is 12.0 Å². The lowest BCUT2D eigenvalue weighted by atomic mass is 10.2. The van der Waals surface area contributed by atoms with Gasteiger partial charge in [0, 0.05) is 13.0 Å². The molecule has 0 saturated heterocycles. The number of amides is 1. The van der Waals surface area contributed by atoms with Crippen LogP contribution in [0.1, 0.15) is 32.8 Å². The van der Waals surface area contributed by atoms with Gasteiger partial charge in [0.1, 0.15) is 5.75 Å². The fourth-order valence-corrected chi connectivity index (χ4v) is 1.58. The molecule has 4 heteroatoms. The molecule has 1 rings (SSSR count). The molecule has 94 valence electrons. The summed E-state index contributed by atoms with van der Waals surface area (Å²) < 4.78 is 5.53. The number of carbonyl (C=O) groups is 1. The van der Waals surface area contributed by atoms with Gasteiger partial charge in [-0.15, -0.1) is 0 Å². The van der Waals surface area contributed by atoms with E-state index in [1.807, 2.05) is 39.0 Å². The number of benzene rings is 1. The fraction of sp³-hybridized carbons (Fsp3) is 0.462. The van der Waals surface area contributed by atoms with Gasteiger partial charge in [-0.25, -0.2) is 0 Å². The Morgan fingerprint density at radius 3 is 2.71 bits per heavy atom. The largest absolute Gasteiger partial charge is 0.489 e. The van der Waals surface area contributed by atoms with Crippen molar-refractivity contribution in [3.8, 4) is 5.75 Å². The summed E-state index contributed by atoms with van der Waals surface area (Å²) in [7, 11) is 0. The molecule has 1 N–H and O–H groups in total. The average Bonchev–Trinajstić information content (AvgIpc) is 2.28. The Labute approximate surface area is 107 Å². The lowest BCUT2D eigenvalue weighted by molar-refractivity contribution is -0.120. The molecule has 0 spiro atoms. The van der Waals surface area contributed by atoms with Crippen LogP contribution in [0.3, 0.4) is 0 Å². The van der Waals surface area contributed by atoms with E-state index >= 15 is 0 Å². The molecule has 0 atom stereocenters. The molecule has 0 aliphatic carbocycles. The predicted molar refractivity (Wildman–Crippen MR) is 69.4 cm³/mol. The van der Waals surface area contributed by atoms with Gasteiger partial charge in [0.25, 0.3) is 0 Å². The highest BCUT2D eigenvalue weighted by Crippen LogP contribution is 2.26. The van der Waals surface area contributed by atoms with Crippen LogP contribution in [0.5, 0.6) is 5.75 Å². The summed E-state index contributed by atoms with van der Waals surface area (Å²) in [5, 5.41) is 3.37. The van der Waals surface area contributed by atoms with Crippen LogP contribution in [-0.2, 0) is 11.3 Å². The Morgan fingerprint density at radius 1 is 1.47 bits per heavy atom. The van der Waals surface area contributed by atoms with E-state index in [1.165, 1.54) is 0 Å². The van der Waals surface area contributed by atoms with Gasteiger partial charge in [-0.1, -0.05) is 24.6 Å². The number of hydrogen-bond donors (Lipinski definition) is 1. The topological polar surface area (TPSA) is 38.3 Å². The maximum Gasteiger partial charge on any atom is 0.219 e. The zero-order valence-electron chi connectivity index (χ0n) is 10.4. The summed E-state index contributed by atoms with van der Waals surface area (Å²) in [6.45, 7) is 6.22. The molecule has 0 radical (unpaired) electrons. The van der Waals surface area contributed by atoms with E-state index in [-0.39, 0.29) is 12.0 Å². The molecular weight excluding hydrogens is 238 g/mol. The zero-order chi connectivity index (χ0) is 12.8. The second-order valence-electron chi connectivity index (χ2n) is 4.06. The Kier molecular flexibility index (Phi) is 5.29. The quantitative estimate of drug-likeness (QED) is 0.878. The van der Waals surface area contributed by atoms with E-state index in [4.69, 9.17) is 16.3 Å². The zero-order valence-corrected chi connectivity index (χ0v) is 11.2. The molecule has 0 heterocycles. The molecule has 0 fully saturated rings. The third-order valence-corrected chi connectivity index (χ3v) is 2.47. The first-order valence-electron chi connectivity index (χ1n) is 5.74. The van der Waals surface area contributed by atoms with E-state index in [1.54, 1.807) is 0 Å². The van der Waals surface area contributed by atoms with Gasteiger partial charge in [-0.2, -0.15) is 0 Å². The molecule has 1 amide bonds. The number of ether oxygens (including phenoxy) is 1. The van der Waals surface area contributed by atoms with Crippen molar-refractivity contribution in [1.82, 2.24) is 5.32 Å². The van der Waals surface area contributed by atoms with Crippen molar-refractivity contribution >= 4 is 17.5 Å². The first-order chi connectivity index (χ1) is 8.02. The molecule has 0 unspecified atom stereocenters. The van der Waals surface area contributed by atoms with Crippen LogP contribution in [0, 0.1) is 0 Å². The van der Waals surface area contributed by atoms with Crippen LogP contribution in [0.2, 0.25) is 5.02 Å². The summed E-state index contributed by atoms with van der Waals surface area (Å²) in [5.74, 6) is 0.705. The summed E-state index contributed by atoms with van der Waals surface area (Å²) in [4.78, 5) is 11.1. The van der Waals surface area contributed by atoms with Crippen molar-refractivity contribution in [3.63, 3.8) is 0 Å². The first-order valence-corrected chi connectivity index (χ1v) is 6.12. The van der Waals surface area contributed by atoms with E-state index in [0.717, 1.165) is 5.56 Å². The highest BCUT2D eigenvalue weighted by molar-refractivity contribution is 6.32. The van der Waals surface area contributed by atoms with Gasteiger partial charge in [-0.05, 0) is 31.5 Å². The molecule has 0 bridgehead atoms.